The largest absolute Gasteiger partial charge is 0.495 e. The van der Waals surface area contributed by atoms with Gasteiger partial charge in [-0.25, -0.2) is 8.78 Å². The third-order valence-electron chi connectivity index (χ3n) is 5.44. The number of hydrogen-bond donors (Lipinski definition) is 2. The summed E-state index contributed by atoms with van der Waals surface area (Å²) in [5.74, 6) is -2.43. The molecule has 7 heteroatoms. The number of aromatic amines is 1. The van der Waals surface area contributed by atoms with Gasteiger partial charge in [0, 0.05) is 17.8 Å². The minimum atomic E-state index is -1.04. The molecule has 1 fully saturated rings. The van der Waals surface area contributed by atoms with E-state index in [2.05, 4.69) is 16.9 Å². The second kappa shape index (κ2) is 9.94. The topological polar surface area (TPSA) is 71.2 Å². The monoisotopic (exact) mass is 442 g/mol. The molecule has 2 N–H and O–H groups in total. The zero-order chi connectivity index (χ0) is 23.4. The number of hydrogen-bond acceptors (Lipinski definition) is 3. The minimum Gasteiger partial charge on any atom is -0.495 e. The Balaban J connectivity index is 1.90. The number of nitrogens with one attached hydrogen (secondary N) is 2. The molecular weight excluding hydrogens is 414 g/mol. The van der Waals surface area contributed by atoms with Crippen LogP contribution in [0.2, 0.25) is 0 Å². The van der Waals surface area contributed by atoms with Crippen molar-refractivity contribution in [3.05, 3.63) is 76.8 Å². The van der Waals surface area contributed by atoms with E-state index >= 15 is 0 Å². The molecule has 2 aromatic rings. The molecule has 0 unspecified atom stereocenters. The van der Waals surface area contributed by atoms with Gasteiger partial charge in [-0.1, -0.05) is 25.5 Å². The Morgan fingerprint density at radius 3 is 2.44 bits per heavy atom. The van der Waals surface area contributed by atoms with Crippen molar-refractivity contribution in [3.8, 4) is 0 Å². The summed E-state index contributed by atoms with van der Waals surface area (Å²) in [6.45, 7) is 9.19. The van der Waals surface area contributed by atoms with E-state index in [1.165, 1.54) is 18.3 Å². The van der Waals surface area contributed by atoms with Crippen LogP contribution in [-0.2, 0) is 4.74 Å². The van der Waals surface area contributed by atoms with Gasteiger partial charge in [-0.3, -0.25) is 9.59 Å². The molecule has 1 heterocycles. The first kappa shape index (κ1) is 23.4. The highest BCUT2D eigenvalue weighted by Gasteiger charge is 2.25. The Bertz CT molecular complexity index is 1060. The van der Waals surface area contributed by atoms with Crippen molar-refractivity contribution in [3.63, 3.8) is 0 Å². The maximum Gasteiger partial charge on any atom is 0.267 e. The third kappa shape index (κ3) is 5.33. The first-order valence-corrected chi connectivity index (χ1v) is 10.7. The van der Waals surface area contributed by atoms with Crippen molar-refractivity contribution in [2.45, 2.75) is 58.6 Å². The standard InChI is InChI=1S/C25H28F2N2O3/c1-14(2)32-16(4)23(15(3)17-9-10-20(26)21(27)11-17)24(30)18-12-22(28-13-18)25(31)29-19-7-5-6-8-19/h9-14,19,28H,3,5-8H2,1-2,4H3,(H,29,31)/b23-16+. The second-order valence-corrected chi connectivity index (χ2v) is 8.29. The number of carbonyl (C=O) groups is 2. The molecule has 0 spiro atoms. The van der Waals surface area contributed by atoms with Crippen LogP contribution < -0.4 is 5.32 Å². The number of aromatic nitrogens is 1. The molecule has 1 aromatic heterocycles. The summed E-state index contributed by atoms with van der Waals surface area (Å²) >= 11 is 0. The Morgan fingerprint density at radius 1 is 1.12 bits per heavy atom. The van der Waals surface area contributed by atoms with Crippen molar-refractivity contribution >= 4 is 17.3 Å². The average molecular weight is 443 g/mol. The highest BCUT2D eigenvalue weighted by Crippen LogP contribution is 2.29. The van der Waals surface area contributed by atoms with E-state index in [-0.39, 0.29) is 46.0 Å². The Labute approximate surface area is 186 Å². The van der Waals surface area contributed by atoms with E-state index in [4.69, 9.17) is 4.74 Å². The summed E-state index contributed by atoms with van der Waals surface area (Å²) in [6.07, 6.45) is 5.32. The highest BCUT2D eigenvalue weighted by atomic mass is 19.2. The van der Waals surface area contributed by atoms with Crippen LogP contribution in [0.4, 0.5) is 8.78 Å². The van der Waals surface area contributed by atoms with Crippen LogP contribution in [0.1, 0.15) is 72.9 Å². The molecule has 1 aromatic carbocycles. The second-order valence-electron chi connectivity index (χ2n) is 8.29. The zero-order valence-electron chi connectivity index (χ0n) is 18.6. The zero-order valence-corrected chi connectivity index (χ0v) is 18.6. The van der Waals surface area contributed by atoms with Crippen LogP contribution >= 0.6 is 0 Å². The first-order chi connectivity index (χ1) is 15.2. The van der Waals surface area contributed by atoms with Gasteiger partial charge in [0.1, 0.15) is 11.5 Å². The normalized spacial score (nSPS) is 14.9. The SMILES string of the molecule is C=C(/C(C(=O)c1c[nH]c(C(=O)NC2CCCC2)c1)=C(/C)OC(C)C)c1ccc(F)c(F)c1. The summed E-state index contributed by atoms with van der Waals surface area (Å²) in [6, 6.07) is 4.96. The van der Waals surface area contributed by atoms with E-state index in [9.17, 15) is 18.4 Å². The van der Waals surface area contributed by atoms with Gasteiger partial charge >= 0.3 is 0 Å². The number of Topliss-reactive ketones (excluding diaryl/α,β-unsaturated/α-hetero) is 1. The molecule has 3 rings (SSSR count). The number of amides is 1. The summed E-state index contributed by atoms with van der Waals surface area (Å²) < 4.78 is 32.9. The fourth-order valence-corrected chi connectivity index (χ4v) is 3.88. The summed E-state index contributed by atoms with van der Waals surface area (Å²) in [4.78, 5) is 28.8. The molecule has 1 aliphatic rings. The summed E-state index contributed by atoms with van der Waals surface area (Å²) in [5.41, 5.74) is 1.11. The molecule has 0 radical (unpaired) electrons. The van der Waals surface area contributed by atoms with Crippen LogP contribution in [0, 0.1) is 11.6 Å². The van der Waals surface area contributed by atoms with Gasteiger partial charge < -0.3 is 15.0 Å². The van der Waals surface area contributed by atoms with Gasteiger partial charge in [0.15, 0.2) is 17.4 Å². The number of halogens is 2. The molecule has 0 atom stereocenters. The van der Waals surface area contributed by atoms with Crippen LogP contribution in [-0.4, -0.2) is 28.8 Å². The molecule has 0 bridgehead atoms. The predicted octanol–water partition coefficient (Wildman–Crippen LogP) is 5.56. The van der Waals surface area contributed by atoms with E-state index in [0.717, 1.165) is 37.8 Å². The summed E-state index contributed by atoms with van der Waals surface area (Å²) in [5, 5.41) is 2.97. The maximum absolute atomic E-state index is 13.8. The summed E-state index contributed by atoms with van der Waals surface area (Å²) in [7, 11) is 0. The molecule has 0 aliphatic heterocycles. The lowest BCUT2D eigenvalue weighted by atomic mass is 9.92. The van der Waals surface area contributed by atoms with E-state index in [1.807, 2.05) is 13.8 Å². The Kier molecular flexibility index (Phi) is 7.28. The Morgan fingerprint density at radius 2 is 1.81 bits per heavy atom. The van der Waals surface area contributed by atoms with Gasteiger partial charge in [0.2, 0.25) is 0 Å². The van der Waals surface area contributed by atoms with Gasteiger partial charge in [-0.2, -0.15) is 0 Å². The van der Waals surface area contributed by atoms with E-state index in [0.29, 0.717) is 5.76 Å². The highest BCUT2D eigenvalue weighted by molar-refractivity contribution is 6.19. The lowest BCUT2D eigenvalue weighted by molar-refractivity contribution is 0.0933. The number of ketones is 1. The van der Waals surface area contributed by atoms with Crippen LogP contribution in [0.3, 0.4) is 0 Å². The number of rotatable bonds is 8. The van der Waals surface area contributed by atoms with Gasteiger partial charge in [0.05, 0.1) is 11.7 Å². The molecule has 0 saturated heterocycles. The van der Waals surface area contributed by atoms with Crippen molar-refractivity contribution in [1.82, 2.24) is 10.3 Å². The molecule has 1 saturated carbocycles. The molecule has 170 valence electrons. The van der Waals surface area contributed by atoms with Crippen LogP contribution in [0.5, 0.6) is 0 Å². The van der Waals surface area contributed by atoms with Gasteiger partial charge in [-0.05, 0) is 62.9 Å². The lowest BCUT2D eigenvalue weighted by Gasteiger charge is -2.17. The lowest BCUT2D eigenvalue weighted by Crippen LogP contribution is -2.32. The molecule has 32 heavy (non-hydrogen) atoms. The van der Waals surface area contributed by atoms with Gasteiger partial charge in [-0.15, -0.1) is 0 Å². The number of benzene rings is 1. The molecule has 5 nitrogen and oxygen atoms in total. The molecule has 1 amide bonds. The number of allylic oxidation sites excluding steroid dienone is 3. The number of ether oxygens (including phenoxy) is 1. The minimum absolute atomic E-state index is 0.131. The van der Waals surface area contributed by atoms with Crippen molar-refractivity contribution in [1.29, 1.82) is 0 Å². The van der Waals surface area contributed by atoms with E-state index < -0.39 is 17.4 Å². The van der Waals surface area contributed by atoms with Crippen molar-refractivity contribution < 1.29 is 23.1 Å². The van der Waals surface area contributed by atoms with Crippen molar-refractivity contribution in [2.24, 2.45) is 0 Å². The van der Waals surface area contributed by atoms with Crippen molar-refractivity contribution in [2.75, 3.05) is 0 Å². The van der Waals surface area contributed by atoms with E-state index in [1.54, 1.807) is 6.92 Å². The fraction of sp³-hybridized carbons (Fsp3) is 0.360. The van der Waals surface area contributed by atoms with Gasteiger partial charge in [0.25, 0.3) is 5.91 Å². The smallest absolute Gasteiger partial charge is 0.267 e. The average Bonchev–Trinajstić information content (AvgIpc) is 3.41. The number of H-pyrrole nitrogens is 1. The Hall–Kier alpha value is -3.22. The molecule has 1 aliphatic carbocycles. The molecular formula is C25H28F2N2O3. The third-order valence-corrected chi connectivity index (χ3v) is 5.44. The quantitative estimate of drug-likeness (QED) is 0.243. The number of carbonyl (C=O) groups excluding carboxylic acids is 2. The maximum atomic E-state index is 13.8. The van der Waals surface area contributed by atoms with Crippen LogP contribution in [0.25, 0.3) is 5.57 Å². The van der Waals surface area contributed by atoms with Crippen LogP contribution in [0.15, 0.2) is 48.4 Å². The predicted molar refractivity (Wildman–Crippen MR) is 119 cm³/mol. The first-order valence-electron chi connectivity index (χ1n) is 10.7. The fourth-order valence-electron chi connectivity index (χ4n) is 3.88.